The van der Waals surface area contributed by atoms with Gasteiger partial charge in [0.1, 0.15) is 5.76 Å². The highest BCUT2D eigenvalue weighted by Gasteiger charge is 2.13. The first kappa shape index (κ1) is 13.3. The minimum absolute atomic E-state index is 0.0453. The first-order valence-corrected chi connectivity index (χ1v) is 6.01. The molecular formula is C14H16N2O3. The van der Waals surface area contributed by atoms with E-state index in [4.69, 9.17) is 9.52 Å². The molecule has 2 aromatic heterocycles. The van der Waals surface area contributed by atoms with Crippen molar-refractivity contribution >= 4 is 5.97 Å². The van der Waals surface area contributed by atoms with Crippen LogP contribution in [0.4, 0.5) is 0 Å². The quantitative estimate of drug-likeness (QED) is 0.861. The van der Waals surface area contributed by atoms with Gasteiger partial charge in [0.15, 0.2) is 0 Å². The molecule has 0 aliphatic carbocycles. The van der Waals surface area contributed by atoms with E-state index in [9.17, 15) is 4.79 Å². The summed E-state index contributed by atoms with van der Waals surface area (Å²) in [4.78, 5) is 16.9. The van der Waals surface area contributed by atoms with Gasteiger partial charge in [-0.1, -0.05) is 6.07 Å². The van der Waals surface area contributed by atoms with Gasteiger partial charge >= 0.3 is 5.97 Å². The Labute approximate surface area is 111 Å². The summed E-state index contributed by atoms with van der Waals surface area (Å²) >= 11 is 0. The Balaban J connectivity index is 2.05. The van der Waals surface area contributed by atoms with Crippen LogP contribution in [0, 0.1) is 6.92 Å². The number of carboxylic acids is 1. The number of rotatable bonds is 6. The first-order valence-electron chi connectivity index (χ1n) is 6.01. The van der Waals surface area contributed by atoms with E-state index < -0.39 is 5.97 Å². The molecule has 0 fully saturated rings. The minimum atomic E-state index is -0.862. The van der Waals surface area contributed by atoms with Gasteiger partial charge in [-0.15, -0.1) is 0 Å². The first-order chi connectivity index (χ1) is 9.13. The number of furan rings is 1. The van der Waals surface area contributed by atoms with Crippen molar-refractivity contribution in [2.45, 2.75) is 20.0 Å². The zero-order valence-corrected chi connectivity index (χ0v) is 10.7. The average molecular weight is 260 g/mol. The van der Waals surface area contributed by atoms with Gasteiger partial charge in [0.25, 0.3) is 0 Å². The lowest BCUT2D eigenvalue weighted by atomic mass is 10.3. The number of aliphatic carboxylic acids is 1. The van der Waals surface area contributed by atoms with Gasteiger partial charge < -0.3 is 9.52 Å². The van der Waals surface area contributed by atoms with Crippen LogP contribution in [0.2, 0.25) is 0 Å². The van der Waals surface area contributed by atoms with Crippen molar-refractivity contribution in [2.24, 2.45) is 0 Å². The van der Waals surface area contributed by atoms with Crippen molar-refractivity contribution in [1.82, 2.24) is 9.88 Å². The maximum atomic E-state index is 10.9. The van der Waals surface area contributed by atoms with Gasteiger partial charge in [0.05, 0.1) is 25.0 Å². The van der Waals surface area contributed by atoms with Gasteiger partial charge in [-0.25, -0.2) is 0 Å². The molecule has 0 saturated heterocycles. The summed E-state index contributed by atoms with van der Waals surface area (Å²) in [6.07, 6.45) is 3.36. The summed E-state index contributed by atoms with van der Waals surface area (Å²) in [5, 5.41) is 8.95. The van der Waals surface area contributed by atoms with E-state index in [1.54, 1.807) is 17.4 Å². The molecule has 0 radical (unpaired) electrons. The minimum Gasteiger partial charge on any atom is -0.480 e. The molecule has 0 saturated carbocycles. The Morgan fingerprint density at radius 2 is 2.26 bits per heavy atom. The molecule has 100 valence electrons. The van der Waals surface area contributed by atoms with Gasteiger partial charge in [0, 0.05) is 12.7 Å². The van der Waals surface area contributed by atoms with Crippen LogP contribution in [0.1, 0.15) is 17.0 Å². The van der Waals surface area contributed by atoms with E-state index in [0.29, 0.717) is 13.1 Å². The lowest BCUT2D eigenvalue weighted by Crippen LogP contribution is -2.29. The van der Waals surface area contributed by atoms with E-state index in [-0.39, 0.29) is 6.54 Å². The van der Waals surface area contributed by atoms with Crippen molar-refractivity contribution in [3.8, 4) is 0 Å². The van der Waals surface area contributed by atoms with Gasteiger partial charge in [-0.05, 0) is 30.7 Å². The molecule has 0 amide bonds. The molecule has 2 heterocycles. The maximum absolute atomic E-state index is 10.9. The molecule has 2 rings (SSSR count). The van der Waals surface area contributed by atoms with Crippen LogP contribution in [0.5, 0.6) is 0 Å². The predicted molar refractivity (Wildman–Crippen MR) is 69.4 cm³/mol. The Morgan fingerprint density at radius 3 is 2.84 bits per heavy atom. The van der Waals surface area contributed by atoms with E-state index in [1.807, 2.05) is 31.2 Å². The highest BCUT2D eigenvalue weighted by atomic mass is 16.4. The number of pyridine rings is 1. The molecule has 0 unspecified atom stereocenters. The number of carboxylic acid groups (broad SMARTS) is 1. The summed E-state index contributed by atoms with van der Waals surface area (Å²) in [7, 11) is 0. The van der Waals surface area contributed by atoms with Crippen LogP contribution < -0.4 is 0 Å². The molecule has 0 aliphatic heterocycles. The second-order valence-electron chi connectivity index (χ2n) is 4.45. The fourth-order valence-electron chi connectivity index (χ4n) is 1.87. The van der Waals surface area contributed by atoms with Crippen LogP contribution in [0.25, 0.3) is 0 Å². The summed E-state index contributed by atoms with van der Waals surface area (Å²) in [6, 6.07) is 7.51. The zero-order chi connectivity index (χ0) is 13.7. The largest absolute Gasteiger partial charge is 0.480 e. The number of aryl methyl sites for hydroxylation is 1. The molecule has 1 N–H and O–H groups in total. The number of carbonyl (C=O) groups is 1. The summed E-state index contributed by atoms with van der Waals surface area (Å²) < 4.78 is 5.36. The number of hydrogen-bond acceptors (Lipinski definition) is 4. The van der Waals surface area contributed by atoms with Crippen LogP contribution in [-0.4, -0.2) is 27.5 Å². The topological polar surface area (TPSA) is 66.6 Å². The summed E-state index contributed by atoms with van der Waals surface area (Å²) in [5.74, 6) is -0.103. The number of aromatic nitrogens is 1. The highest BCUT2D eigenvalue weighted by Crippen LogP contribution is 2.11. The van der Waals surface area contributed by atoms with Crippen LogP contribution in [0.3, 0.4) is 0 Å². The fourth-order valence-corrected chi connectivity index (χ4v) is 1.87. The normalized spacial score (nSPS) is 10.8. The van der Waals surface area contributed by atoms with Crippen LogP contribution in [0.15, 0.2) is 41.1 Å². The molecule has 0 aliphatic rings. The van der Waals surface area contributed by atoms with Gasteiger partial charge in [-0.2, -0.15) is 0 Å². The Hall–Kier alpha value is -2.14. The summed E-state index contributed by atoms with van der Waals surface area (Å²) in [6.45, 7) is 2.83. The fraction of sp³-hybridized carbons (Fsp3) is 0.286. The van der Waals surface area contributed by atoms with Gasteiger partial charge in [-0.3, -0.25) is 14.7 Å². The molecular weight excluding hydrogens is 244 g/mol. The molecule has 0 atom stereocenters. The highest BCUT2D eigenvalue weighted by molar-refractivity contribution is 5.69. The molecule has 5 nitrogen and oxygen atoms in total. The molecule has 19 heavy (non-hydrogen) atoms. The molecule has 5 heteroatoms. The Morgan fingerprint density at radius 1 is 1.42 bits per heavy atom. The maximum Gasteiger partial charge on any atom is 0.317 e. The van der Waals surface area contributed by atoms with E-state index in [1.165, 1.54) is 0 Å². The number of hydrogen-bond donors (Lipinski definition) is 1. The van der Waals surface area contributed by atoms with Gasteiger partial charge in [0.2, 0.25) is 0 Å². The third kappa shape index (κ3) is 4.22. The SMILES string of the molecule is Cc1coc(CN(CC(=O)O)Cc2ccccn2)c1. The Bertz CT molecular complexity index is 537. The standard InChI is InChI=1S/C14H16N2O3/c1-11-6-13(19-10-11)8-16(9-14(17)18)7-12-4-2-3-5-15-12/h2-6,10H,7-9H2,1H3,(H,17,18). The third-order valence-electron chi connectivity index (χ3n) is 2.63. The van der Waals surface area contributed by atoms with E-state index >= 15 is 0 Å². The van der Waals surface area contributed by atoms with E-state index in [2.05, 4.69) is 4.98 Å². The zero-order valence-electron chi connectivity index (χ0n) is 10.7. The van der Waals surface area contributed by atoms with Crippen LogP contribution >= 0.6 is 0 Å². The molecule has 0 bridgehead atoms. The van der Waals surface area contributed by atoms with Crippen molar-refractivity contribution in [1.29, 1.82) is 0 Å². The predicted octanol–water partition coefficient (Wildman–Crippen LogP) is 2.07. The van der Waals surface area contributed by atoms with Crippen molar-refractivity contribution in [3.63, 3.8) is 0 Å². The molecule has 0 aromatic carbocycles. The molecule has 2 aromatic rings. The Kier molecular flexibility index (Phi) is 4.30. The molecule has 0 spiro atoms. The smallest absolute Gasteiger partial charge is 0.317 e. The second kappa shape index (κ2) is 6.15. The third-order valence-corrected chi connectivity index (χ3v) is 2.63. The lowest BCUT2D eigenvalue weighted by Gasteiger charge is -2.18. The monoisotopic (exact) mass is 260 g/mol. The summed E-state index contributed by atoms with van der Waals surface area (Å²) in [5.41, 5.74) is 1.87. The van der Waals surface area contributed by atoms with E-state index in [0.717, 1.165) is 17.0 Å². The second-order valence-corrected chi connectivity index (χ2v) is 4.45. The van der Waals surface area contributed by atoms with Crippen molar-refractivity contribution < 1.29 is 14.3 Å². The lowest BCUT2D eigenvalue weighted by molar-refractivity contribution is -0.138. The van der Waals surface area contributed by atoms with Crippen molar-refractivity contribution in [3.05, 3.63) is 53.7 Å². The number of nitrogens with zero attached hydrogens (tertiary/aromatic N) is 2. The van der Waals surface area contributed by atoms with Crippen molar-refractivity contribution in [2.75, 3.05) is 6.54 Å². The van der Waals surface area contributed by atoms with Crippen LogP contribution in [-0.2, 0) is 17.9 Å². The average Bonchev–Trinajstić information content (AvgIpc) is 2.75.